The van der Waals surface area contributed by atoms with E-state index in [1.807, 2.05) is 0 Å². The Morgan fingerprint density at radius 2 is 2.29 bits per heavy atom. The van der Waals surface area contributed by atoms with Gasteiger partial charge in [-0.05, 0) is 6.07 Å². The summed E-state index contributed by atoms with van der Waals surface area (Å²) in [6, 6.07) is 4.14. The van der Waals surface area contributed by atoms with Crippen LogP contribution in [0.1, 0.15) is 10.4 Å². The van der Waals surface area contributed by atoms with Gasteiger partial charge >= 0.3 is 0 Å². The molecule has 1 aromatic rings. The van der Waals surface area contributed by atoms with Gasteiger partial charge in [-0.25, -0.2) is 0 Å². The van der Waals surface area contributed by atoms with Gasteiger partial charge in [0, 0.05) is 6.07 Å². The molecular weight excluding hydrogens is 188 g/mol. The minimum atomic E-state index is -0.647. The Morgan fingerprint density at radius 3 is 2.79 bits per heavy atom. The van der Waals surface area contributed by atoms with Crippen molar-refractivity contribution >= 4 is 17.7 Å². The highest BCUT2D eigenvalue weighted by atomic mass is 16.6. The lowest BCUT2D eigenvalue weighted by Crippen LogP contribution is -2.04. The molecule has 14 heavy (non-hydrogen) atoms. The fraction of sp³-hybridized carbons (Fsp3) is 0.125. The number of aliphatic hydroxyl groups is 1. The molecule has 0 atom stereocenters. The van der Waals surface area contributed by atoms with Crippen molar-refractivity contribution in [3.05, 3.63) is 33.9 Å². The van der Waals surface area contributed by atoms with Crippen LogP contribution in [-0.4, -0.2) is 23.0 Å². The summed E-state index contributed by atoms with van der Waals surface area (Å²) >= 11 is 0. The summed E-state index contributed by atoms with van der Waals surface area (Å²) in [7, 11) is 0. The first-order valence-corrected chi connectivity index (χ1v) is 3.78. The highest BCUT2D eigenvalue weighted by Crippen LogP contribution is 2.23. The number of aldehydes is 1. The van der Waals surface area contributed by atoms with E-state index in [0.717, 1.165) is 0 Å². The molecule has 0 bridgehead atoms. The van der Waals surface area contributed by atoms with Crippen molar-refractivity contribution in [3.63, 3.8) is 0 Å². The molecule has 1 rings (SSSR count). The van der Waals surface area contributed by atoms with Gasteiger partial charge in [0.2, 0.25) is 0 Å². The topological polar surface area (TPSA) is 92.5 Å². The van der Waals surface area contributed by atoms with E-state index in [1.54, 1.807) is 0 Å². The van der Waals surface area contributed by atoms with Gasteiger partial charge in [0.1, 0.15) is 12.3 Å². The number of hydrogen-bond acceptors (Lipinski definition) is 5. The lowest BCUT2D eigenvalue weighted by Gasteiger charge is -2.05. The smallest absolute Gasteiger partial charge is 0.281 e. The molecule has 0 radical (unpaired) electrons. The number of carbonyl (C=O) groups excluding carboxylic acids is 1. The number of benzene rings is 1. The third-order valence-electron chi connectivity index (χ3n) is 1.67. The van der Waals surface area contributed by atoms with E-state index in [1.165, 1.54) is 18.2 Å². The van der Waals surface area contributed by atoms with Gasteiger partial charge in [0.15, 0.2) is 6.29 Å². The molecule has 0 aliphatic carbocycles. The third kappa shape index (κ3) is 1.86. The molecule has 6 nitrogen and oxygen atoms in total. The second-order valence-electron chi connectivity index (χ2n) is 2.45. The van der Waals surface area contributed by atoms with Crippen LogP contribution >= 0.6 is 0 Å². The molecule has 0 saturated carbocycles. The molecule has 0 aliphatic heterocycles. The third-order valence-corrected chi connectivity index (χ3v) is 1.67. The van der Waals surface area contributed by atoms with E-state index in [9.17, 15) is 14.9 Å². The standard InChI is InChI=1S/C8H8N2O4/c11-4-6-7(9-5-12)2-1-3-8(6)10(13)14/h1-4,9,12H,5H2. The van der Waals surface area contributed by atoms with Crippen molar-refractivity contribution < 1.29 is 14.8 Å². The van der Waals surface area contributed by atoms with E-state index in [-0.39, 0.29) is 23.7 Å². The first-order chi connectivity index (χ1) is 6.70. The largest absolute Gasteiger partial charge is 0.377 e. The van der Waals surface area contributed by atoms with Gasteiger partial charge < -0.3 is 10.4 Å². The quantitative estimate of drug-likeness (QED) is 0.321. The highest BCUT2D eigenvalue weighted by Gasteiger charge is 2.15. The first kappa shape index (κ1) is 10.1. The lowest BCUT2D eigenvalue weighted by molar-refractivity contribution is -0.385. The van der Waals surface area contributed by atoms with Crippen LogP contribution in [0.3, 0.4) is 0 Å². The minimum absolute atomic E-state index is 0.0634. The van der Waals surface area contributed by atoms with Crippen LogP contribution in [0.4, 0.5) is 11.4 Å². The van der Waals surface area contributed by atoms with E-state index < -0.39 is 4.92 Å². The van der Waals surface area contributed by atoms with Crippen LogP contribution in [0.15, 0.2) is 18.2 Å². The number of anilines is 1. The average molecular weight is 196 g/mol. The van der Waals surface area contributed by atoms with Crippen molar-refractivity contribution in [3.8, 4) is 0 Å². The fourth-order valence-electron chi connectivity index (χ4n) is 1.08. The number of nitrogens with zero attached hydrogens (tertiary/aromatic N) is 1. The van der Waals surface area contributed by atoms with Crippen LogP contribution < -0.4 is 5.32 Å². The molecule has 0 spiro atoms. The Kier molecular flexibility index (Phi) is 3.14. The van der Waals surface area contributed by atoms with E-state index in [4.69, 9.17) is 5.11 Å². The molecule has 0 heterocycles. The molecule has 0 aliphatic rings. The maximum Gasteiger partial charge on any atom is 0.281 e. The van der Waals surface area contributed by atoms with Crippen LogP contribution in [0.2, 0.25) is 0 Å². The second kappa shape index (κ2) is 4.33. The van der Waals surface area contributed by atoms with E-state index >= 15 is 0 Å². The number of rotatable bonds is 4. The molecule has 0 fully saturated rings. The Hall–Kier alpha value is -1.95. The molecular formula is C8H8N2O4. The summed E-state index contributed by atoms with van der Waals surface area (Å²) in [6.45, 7) is -0.387. The number of carbonyl (C=O) groups is 1. The summed E-state index contributed by atoms with van der Waals surface area (Å²) in [5.41, 5.74) is -0.0956. The molecule has 0 aromatic heterocycles. The summed E-state index contributed by atoms with van der Waals surface area (Å²) in [5, 5.41) is 21.5. The van der Waals surface area contributed by atoms with Crippen molar-refractivity contribution in [2.75, 3.05) is 12.0 Å². The maximum atomic E-state index is 10.6. The van der Waals surface area contributed by atoms with E-state index in [0.29, 0.717) is 6.29 Å². The molecule has 0 saturated heterocycles. The number of nitro benzene ring substituents is 1. The monoisotopic (exact) mass is 196 g/mol. The number of hydrogen-bond donors (Lipinski definition) is 2. The van der Waals surface area contributed by atoms with Crippen molar-refractivity contribution in [1.29, 1.82) is 0 Å². The van der Waals surface area contributed by atoms with Crippen LogP contribution in [0.5, 0.6) is 0 Å². The average Bonchev–Trinajstić information content (AvgIpc) is 2.18. The molecule has 1 aromatic carbocycles. The van der Waals surface area contributed by atoms with Crippen LogP contribution in [0, 0.1) is 10.1 Å². The summed E-state index contributed by atoms with van der Waals surface area (Å²) in [5.74, 6) is 0. The van der Waals surface area contributed by atoms with Crippen molar-refractivity contribution in [1.82, 2.24) is 0 Å². The summed E-state index contributed by atoms with van der Waals surface area (Å²) in [6.07, 6.45) is 0.385. The number of aliphatic hydroxyl groups excluding tert-OH is 1. The van der Waals surface area contributed by atoms with Gasteiger partial charge in [0.25, 0.3) is 5.69 Å². The number of nitrogens with one attached hydrogen (secondary N) is 1. The van der Waals surface area contributed by atoms with Gasteiger partial charge in [-0.3, -0.25) is 14.9 Å². The summed E-state index contributed by atoms with van der Waals surface area (Å²) < 4.78 is 0. The zero-order valence-corrected chi connectivity index (χ0v) is 7.14. The molecule has 74 valence electrons. The maximum absolute atomic E-state index is 10.6. The second-order valence-corrected chi connectivity index (χ2v) is 2.45. The first-order valence-electron chi connectivity index (χ1n) is 3.78. The zero-order valence-electron chi connectivity index (χ0n) is 7.14. The van der Waals surface area contributed by atoms with E-state index in [2.05, 4.69) is 5.32 Å². The Bertz CT molecular complexity index is 364. The SMILES string of the molecule is O=Cc1c(NCO)cccc1[N+](=O)[O-]. The molecule has 0 amide bonds. The van der Waals surface area contributed by atoms with Gasteiger partial charge in [-0.2, -0.15) is 0 Å². The highest BCUT2D eigenvalue weighted by molar-refractivity contribution is 5.89. The molecule has 6 heteroatoms. The lowest BCUT2D eigenvalue weighted by atomic mass is 10.1. The fourth-order valence-corrected chi connectivity index (χ4v) is 1.08. The molecule has 0 unspecified atom stereocenters. The predicted molar refractivity (Wildman–Crippen MR) is 49.2 cm³/mol. The van der Waals surface area contributed by atoms with Gasteiger partial charge in [-0.15, -0.1) is 0 Å². The van der Waals surface area contributed by atoms with Crippen molar-refractivity contribution in [2.24, 2.45) is 0 Å². The van der Waals surface area contributed by atoms with Gasteiger partial charge in [-0.1, -0.05) is 6.07 Å². The molecule has 2 N–H and O–H groups in total. The minimum Gasteiger partial charge on any atom is -0.377 e. The summed E-state index contributed by atoms with van der Waals surface area (Å²) in [4.78, 5) is 20.4. The van der Waals surface area contributed by atoms with Crippen LogP contribution in [0.25, 0.3) is 0 Å². The number of nitro groups is 1. The normalized spacial score (nSPS) is 9.50. The Morgan fingerprint density at radius 1 is 1.57 bits per heavy atom. The van der Waals surface area contributed by atoms with Gasteiger partial charge in [0.05, 0.1) is 10.6 Å². The van der Waals surface area contributed by atoms with Crippen LogP contribution in [-0.2, 0) is 0 Å². The zero-order chi connectivity index (χ0) is 10.6. The predicted octanol–water partition coefficient (Wildman–Crippen LogP) is 0.769. The Labute approximate surface area is 79.3 Å². The Balaban J connectivity index is 3.24. The van der Waals surface area contributed by atoms with Crippen molar-refractivity contribution in [2.45, 2.75) is 0 Å².